The first-order valence-corrected chi connectivity index (χ1v) is 13.0. The Balaban J connectivity index is 1.33. The van der Waals surface area contributed by atoms with Crippen LogP contribution in [0, 0.1) is 6.92 Å². The summed E-state index contributed by atoms with van der Waals surface area (Å²) >= 11 is 3.05. The van der Waals surface area contributed by atoms with Gasteiger partial charge in [0.2, 0.25) is 5.82 Å². The maximum Gasteiger partial charge on any atom is 0.270 e. The van der Waals surface area contributed by atoms with Gasteiger partial charge in [-0.05, 0) is 43.5 Å². The van der Waals surface area contributed by atoms with E-state index >= 15 is 0 Å². The monoisotopic (exact) mass is 479 g/mol. The Morgan fingerprint density at radius 2 is 2.03 bits per heavy atom. The van der Waals surface area contributed by atoms with Crippen molar-refractivity contribution in [2.45, 2.75) is 56.0 Å². The van der Waals surface area contributed by atoms with Gasteiger partial charge in [-0.1, -0.05) is 49.2 Å². The maximum absolute atomic E-state index is 12.6. The summed E-state index contributed by atoms with van der Waals surface area (Å²) < 4.78 is 7.62. The zero-order valence-electron chi connectivity index (χ0n) is 18.4. The van der Waals surface area contributed by atoms with Crippen LogP contribution in [0.5, 0.6) is 0 Å². The third-order valence-corrected chi connectivity index (χ3v) is 7.75. The highest BCUT2D eigenvalue weighted by Crippen LogP contribution is 2.31. The van der Waals surface area contributed by atoms with Crippen LogP contribution in [-0.4, -0.2) is 31.7 Å². The van der Waals surface area contributed by atoms with Gasteiger partial charge in [0.05, 0.1) is 17.7 Å². The lowest BCUT2D eigenvalue weighted by atomic mass is 9.95. The van der Waals surface area contributed by atoms with Crippen LogP contribution >= 0.6 is 23.1 Å². The number of thioether (sulfide) groups is 1. The first-order chi connectivity index (χ1) is 16.2. The molecule has 1 N–H and O–H groups in total. The zero-order chi connectivity index (χ0) is 22.6. The molecular formula is C24H25N5O2S2. The van der Waals surface area contributed by atoms with Crippen molar-refractivity contribution in [2.24, 2.45) is 0 Å². The molecular weight excluding hydrogens is 454 g/mol. The lowest BCUT2D eigenvalue weighted by molar-refractivity contribution is 0.0923. The molecule has 1 saturated carbocycles. The quantitative estimate of drug-likeness (QED) is 0.345. The van der Waals surface area contributed by atoms with Gasteiger partial charge in [-0.15, -0.1) is 21.5 Å². The molecule has 3 aromatic heterocycles. The molecule has 1 aliphatic rings. The summed E-state index contributed by atoms with van der Waals surface area (Å²) in [5.41, 5.74) is 2.61. The fraction of sp³-hybridized carbons (Fsp3) is 0.333. The van der Waals surface area contributed by atoms with Crippen molar-refractivity contribution < 1.29 is 9.21 Å². The number of hydrogen-bond donors (Lipinski definition) is 1. The van der Waals surface area contributed by atoms with E-state index in [2.05, 4.69) is 33.5 Å². The number of para-hydroxylation sites is 1. The van der Waals surface area contributed by atoms with Crippen molar-refractivity contribution in [1.82, 2.24) is 25.1 Å². The summed E-state index contributed by atoms with van der Waals surface area (Å²) in [6, 6.07) is 12.1. The topological polar surface area (TPSA) is 85.8 Å². The number of aromatic nitrogens is 4. The average Bonchev–Trinajstić information content (AvgIpc) is 3.59. The number of rotatable bonds is 7. The second-order valence-electron chi connectivity index (χ2n) is 8.13. The number of furan rings is 1. The van der Waals surface area contributed by atoms with Crippen LogP contribution in [0.2, 0.25) is 0 Å². The van der Waals surface area contributed by atoms with E-state index < -0.39 is 0 Å². The van der Waals surface area contributed by atoms with Gasteiger partial charge in [0, 0.05) is 11.4 Å². The molecule has 0 spiro atoms. The molecule has 1 fully saturated rings. The zero-order valence-corrected chi connectivity index (χ0v) is 20.0. The van der Waals surface area contributed by atoms with E-state index in [1.54, 1.807) is 18.0 Å². The van der Waals surface area contributed by atoms with E-state index in [-0.39, 0.29) is 11.9 Å². The highest BCUT2D eigenvalue weighted by Gasteiger charge is 2.21. The van der Waals surface area contributed by atoms with Crippen molar-refractivity contribution in [1.29, 1.82) is 0 Å². The molecule has 33 heavy (non-hydrogen) atoms. The average molecular weight is 480 g/mol. The number of benzene rings is 1. The van der Waals surface area contributed by atoms with E-state index in [4.69, 9.17) is 4.42 Å². The molecule has 0 aliphatic heterocycles. The number of aryl methyl sites for hydroxylation is 1. The highest BCUT2D eigenvalue weighted by atomic mass is 32.2. The molecule has 1 amide bonds. The first kappa shape index (κ1) is 21.9. The van der Waals surface area contributed by atoms with Crippen LogP contribution in [0.1, 0.15) is 53.2 Å². The van der Waals surface area contributed by atoms with Gasteiger partial charge in [0.1, 0.15) is 10.7 Å². The van der Waals surface area contributed by atoms with Crippen LogP contribution < -0.4 is 5.32 Å². The third-order valence-electron chi connectivity index (χ3n) is 5.78. The Morgan fingerprint density at radius 3 is 2.82 bits per heavy atom. The molecule has 5 rings (SSSR count). The van der Waals surface area contributed by atoms with Gasteiger partial charge in [0.15, 0.2) is 10.9 Å². The van der Waals surface area contributed by atoms with E-state index in [0.717, 1.165) is 34.3 Å². The van der Waals surface area contributed by atoms with Crippen molar-refractivity contribution in [2.75, 3.05) is 0 Å². The van der Waals surface area contributed by atoms with Gasteiger partial charge in [-0.25, -0.2) is 4.98 Å². The van der Waals surface area contributed by atoms with Crippen molar-refractivity contribution in [3.05, 3.63) is 64.3 Å². The van der Waals surface area contributed by atoms with Crippen LogP contribution in [0.4, 0.5) is 0 Å². The highest BCUT2D eigenvalue weighted by molar-refractivity contribution is 7.98. The maximum atomic E-state index is 12.6. The van der Waals surface area contributed by atoms with E-state index in [1.165, 1.54) is 30.6 Å². The van der Waals surface area contributed by atoms with Gasteiger partial charge in [0.25, 0.3) is 5.91 Å². The predicted octanol–water partition coefficient (Wildman–Crippen LogP) is 5.65. The van der Waals surface area contributed by atoms with Crippen molar-refractivity contribution in [3.8, 4) is 17.3 Å². The Bertz CT molecular complexity index is 1230. The van der Waals surface area contributed by atoms with Crippen molar-refractivity contribution in [3.63, 3.8) is 0 Å². The summed E-state index contributed by atoms with van der Waals surface area (Å²) in [5.74, 6) is 1.85. The minimum Gasteiger partial charge on any atom is -0.461 e. The molecule has 1 aliphatic carbocycles. The molecule has 0 bridgehead atoms. The normalized spacial score (nSPS) is 14.5. The lowest BCUT2D eigenvalue weighted by Crippen LogP contribution is -2.36. The fourth-order valence-electron chi connectivity index (χ4n) is 4.07. The lowest BCUT2D eigenvalue weighted by Gasteiger charge is -2.22. The standard InChI is InChI=1S/C24H25N5O2S2/c1-16-8-5-6-11-19(16)29-22(20-12-7-13-31-20)27-28-24(29)33-15-21-26-18(14-32-21)23(30)25-17-9-3-2-4-10-17/h5-8,11-14,17H,2-4,9-10,15H2,1H3,(H,25,30). The molecule has 4 aromatic rings. The smallest absolute Gasteiger partial charge is 0.270 e. The number of amides is 1. The van der Waals surface area contributed by atoms with Crippen LogP contribution in [0.25, 0.3) is 17.3 Å². The summed E-state index contributed by atoms with van der Waals surface area (Å²) in [4.78, 5) is 17.2. The predicted molar refractivity (Wildman–Crippen MR) is 130 cm³/mol. The SMILES string of the molecule is Cc1ccccc1-n1c(SCc2nc(C(=O)NC3CCCCC3)cs2)nnc1-c1ccco1. The molecule has 7 nitrogen and oxygen atoms in total. The van der Waals surface area contributed by atoms with E-state index in [9.17, 15) is 4.79 Å². The second-order valence-corrected chi connectivity index (χ2v) is 10.0. The summed E-state index contributed by atoms with van der Waals surface area (Å²) in [6.07, 6.45) is 7.39. The van der Waals surface area contributed by atoms with Crippen LogP contribution in [0.3, 0.4) is 0 Å². The third kappa shape index (κ3) is 4.89. The van der Waals surface area contributed by atoms with Crippen LogP contribution in [-0.2, 0) is 5.75 Å². The van der Waals surface area contributed by atoms with Gasteiger partial charge in [-0.2, -0.15) is 0 Å². The van der Waals surface area contributed by atoms with Crippen LogP contribution in [0.15, 0.2) is 57.6 Å². The van der Waals surface area contributed by atoms with Gasteiger partial charge in [-0.3, -0.25) is 9.36 Å². The molecule has 0 unspecified atom stereocenters. The summed E-state index contributed by atoms with van der Waals surface area (Å²) in [7, 11) is 0. The summed E-state index contributed by atoms with van der Waals surface area (Å²) in [5, 5.41) is 15.5. The van der Waals surface area contributed by atoms with Gasteiger partial charge < -0.3 is 9.73 Å². The number of nitrogens with zero attached hydrogens (tertiary/aromatic N) is 4. The number of hydrogen-bond acceptors (Lipinski definition) is 7. The minimum absolute atomic E-state index is 0.0717. The Hall–Kier alpha value is -2.91. The minimum atomic E-state index is -0.0717. The van der Waals surface area contributed by atoms with Crippen molar-refractivity contribution >= 4 is 29.0 Å². The largest absolute Gasteiger partial charge is 0.461 e. The fourth-order valence-corrected chi connectivity index (χ4v) is 5.81. The molecule has 0 radical (unpaired) electrons. The summed E-state index contributed by atoms with van der Waals surface area (Å²) in [6.45, 7) is 2.06. The molecule has 170 valence electrons. The molecule has 9 heteroatoms. The van der Waals surface area contributed by atoms with E-state index in [0.29, 0.717) is 23.0 Å². The Morgan fingerprint density at radius 1 is 1.18 bits per heavy atom. The second kappa shape index (κ2) is 9.93. The number of carbonyl (C=O) groups excluding carboxylic acids is 1. The Labute approximate surface area is 200 Å². The van der Waals surface area contributed by atoms with E-state index in [1.807, 2.05) is 40.3 Å². The molecule has 0 atom stereocenters. The molecule has 3 heterocycles. The Kier molecular flexibility index (Phi) is 6.59. The molecule has 1 aromatic carbocycles. The van der Waals surface area contributed by atoms with Gasteiger partial charge >= 0.3 is 0 Å². The number of nitrogens with one attached hydrogen (secondary N) is 1. The number of thiazole rings is 1. The first-order valence-electron chi connectivity index (χ1n) is 11.1. The molecule has 0 saturated heterocycles. The number of carbonyl (C=O) groups is 1.